The minimum Gasteiger partial charge on any atom is -0.465 e. The molecule has 3 rings (SSSR count). The van der Waals surface area contributed by atoms with Crippen LogP contribution in [0.1, 0.15) is 20.7 Å². The highest BCUT2D eigenvalue weighted by atomic mass is 79.9. The lowest BCUT2D eigenvalue weighted by atomic mass is 10.1. The van der Waals surface area contributed by atoms with Crippen molar-refractivity contribution in [3.63, 3.8) is 0 Å². The van der Waals surface area contributed by atoms with Gasteiger partial charge in [-0.2, -0.15) is 0 Å². The van der Waals surface area contributed by atoms with E-state index >= 15 is 0 Å². The molecule has 0 aliphatic heterocycles. The Hall–Kier alpha value is -2.51. The van der Waals surface area contributed by atoms with Gasteiger partial charge in [-0.15, -0.1) is 0 Å². The van der Waals surface area contributed by atoms with Crippen molar-refractivity contribution in [2.45, 2.75) is 0 Å². The van der Waals surface area contributed by atoms with Gasteiger partial charge in [-0.05, 0) is 52.3 Å². The number of carbonyl (C=O) groups excluding carboxylic acids is 2. The van der Waals surface area contributed by atoms with Crippen LogP contribution in [0.5, 0.6) is 0 Å². The van der Waals surface area contributed by atoms with Crippen LogP contribution in [0.4, 0.5) is 10.1 Å². The fraction of sp³-hybridized carbons (Fsp3) is 0.0556. The molecule has 1 aromatic heterocycles. The molecule has 2 aromatic carbocycles. The third-order valence-corrected chi connectivity index (χ3v) is 4.64. The predicted octanol–water partition coefficient (Wildman–Crippen LogP) is 4.83. The van der Waals surface area contributed by atoms with Gasteiger partial charge < -0.3 is 10.1 Å². The molecule has 132 valence electrons. The van der Waals surface area contributed by atoms with E-state index in [1.807, 2.05) is 0 Å². The van der Waals surface area contributed by atoms with Crippen molar-refractivity contribution in [3.05, 3.63) is 69.0 Å². The zero-order valence-corrected chi connectivity index (χ0v) is 15.7. The smallest absolute Gasteiger partial charge is 0.338 e. The molecule has 3 aromatic rings. The molecule has 1 N–H and O–H groups in total. The molecule has 0 fully saturated rings. The second kappa shape index (κ2) is 7.39. The van der Waals surface area contributed by atoms with E-state index in [0.717, 1.165) is 6.07 Å². The third-order valence-electron chi connectivity index (χ3n) is 3.62. The summed E-state index contributed by atoms with van der Waals surface area (Å²) < 4.78 is 18.5. The van der Waals surface area contributed by atoms with E-state index in [-0.39, 0.29) is 16.3 Å². The Kier molecular flexibility index (Phi) is 5.20. The average Bonchev–Trinajstić information content (AvgIpc) is 2.62. The second-order valence-corrected chi connectivity index (χ2v) is 6.45. The molecule has 0 unspecified atom stereocenters. The number of anilines is 1. The first kappa shape index (κ1) is 18.3. The van der Waals surface area contributed by atoms with Crippen LogP contribution in [0.15, 0.2) is 46.9 Å². The Morgan fingerprint density at radius 1 is 1.23 bits per heavy atom. The number of ether oxygens (including phenoxy) is 1. The molecular weight excluding hydrogens is 427 g/mol. The molecule has 0 bridgehead atoms. The SMILES string of the molecule is COC(=O)c1cc(Cl)nc2ccc(NC(=O)c3cccc(F)c3)c(Br)c12. The van der Waals surface area contributed by atoms with E-state index in [2.05, 4.69) is 26.2 Å². The van der Waals surface area contributed by atoms with Gasteiger partial charge in [0.05, 0.1) is 28.4 Å². The van der Waals surface area contributed by atoms with Crippen molar-refractivity contribution in [1.82, 2.24) is 4.98 Å². The first-order valence-electron chi connectivity index (χ1n) is 7.34. The van der Waals surface area contributed by atoms with E-state index < -0.39 is 17.7 Å². The number of pyridine rings is 1. The Balaban J connectivity index is 2.08. The van der Waals surface area contributed by atoms with Crippen LogP contribution < -0.4 is 5.32 Å². The third kappa shape index (κ3) is 3.54. The average molecular weight is 438 g/mol. The molecule has 1 amide bonds. The topological polar surface area (TPSA) is 68.3 Å². The maximum atomic E-state index is 13.3. The highest BCUT2D eigenvalue weighted by Crippen LogP contribution is 2.34. The summed E-state index contributed by atoms with van der Waals surface area (Å²) in [6, 6.07) is 9.92. The fourth-order valence-corrected chi connectivity index (χ4v) is 3.29. The monoisotopic (exact) mass is 436 g/mol. The number of methoxy groups -OCH3 is 1. The van der Waals surface area contributed by atoms with Crippen molar-refractivity contribution in [3.8, 4) is 0 Å². The number of halogens is 3. The van der Waals surface area contributed by atoms with Crippen LogP contribution in [-0.4, -0.2) is 24.0 Å². The normalized spacial score (nSPS) is 10.6. The molecule has 0 aliphatic rings. The molecular formula is C18H11BrClFN2O3. The number of rotatable bonds is 3. The summed E-state index contributed by atoms with van der Waals surface area (Å²) in [4.78, 5) is 28.6. The van der Waals surface area contributed by atoms with E-state index in [0.29, 0.717) is 21.1 Å². The molecule has 0 radical (unpaired) electrons. The number of nitrogens with zero attached hydrogens (tertiary/aromatic N) is 1. The van der Waals surface area contributed by atoms with Gasteiger partial charge in [-0.1, -0.05) is 17.7 Å². The standard InChI is InChI=1S/C18H11BrClFN2O3/c1-26-18(25)11-8-14(20)22-12-5-6-13(16(19)15(11)12)23-17(24)9-3-2-4-10(21)7-9/h2-8H,1H3,(H,23,24). The lowest BCUT2D eigenvalue weighted by Gasteiger charge is -2.12. The highest BCUT2D eigenvalue weighted by molar-refractivity contribution is 9.10. The largest absolute Gasteiger partial charge is 0.465 e. The molecule has 0 saturated heterocycles. The number of aromatic nitrogens is 1. The number of hydrogen-bond donors (Lipinski definition) is 1. The summed E-state index contributed by atoms with van der Waals surface area (Å²) >= 11 is 9.35. The first-order valence-corrected chi connectivity index (χ1v) is 8.52. The quantitative estimate of drug-likeness (QED) is 0.471. The second-order valence-electron chi connectivity index (χ2n) is 5.27. The summed E-state index contributed by atoms with van der Waals surface area (Å²) in [6.45, 7) is 0. The number of hydrogen-bond acceptors (Lipinski definition) is 4. The van der Waals surface area contributed by atoms with Gasteiger partial charge in [0.15, 0.2) is 0 Å². The number of esters is 1. The van der Waals surface area contributed by atoms with Crippen molar-refractivity contribution in [1.29, 1.82) is 0 Å². The minimum absolute atomic E-state index is 0.140. The molecule has 8 heteroatoms. The predicted molar refractivity (Wildman–Crippen MR) is 100 cm³/mol. The van der Waals surface area contributed by atoms with Crippen LogP contribution in [0.2, 0.25) is 5.15 Å². The number of fused-ring (bicyclic) bond motifs is 1. The Morgan fingerprint density at radius 3 is 2.69 bits per heavy atom. The van der Waals surface area contributed by atoms with Crippen molar-refractivity contribution in [2.75, 3.05) is 12.4 Å². The lowest BCUT2D eigenvalue weighted by molar-refractivity contribution is 0.0602. The molecule has 0 saturated carbocycles. The molecule has 0 atom stereocenters. The van der Waals surface area contributed by atoms with Crippen molar-refractivity contribution >= 4 is 56.0 Å². The number of carbonyl (C=O) groups is 2. The maximum absolute atomic E-state index is 13.3. The summed E-state index contributed by atoms with van der Waals surface area (Å²) in [5.41, 5.74) is 1.21. The van der Waals surface area contributed by atoms with Crippen molar-refractivity contribution < 1.29 is 18.7 Å². The number of amides is 1. The van der Waals surface area contributed by atoms with E-state index in [1.54, 1.807) is 12.1 Å². The summed E-state index contributed by atoms with van der Waals surface area (Å²) in [7, 11) is 1.26. The van der Waals surface area contributed by atoms with Gasteiger partial charge in [0.25, 0.3) is 5.91 Å². The fourth-order valence-electron chi connectivity index (χ4n) is 2.45. The van der Waals surface area contributed by atoms with E-state index in [4.69, 9.17) is 16.3 Å². The van der Waals surface area contributed by atoms with Gasteiger partial charge in [-0.25, -0.2) is 14.2 Å². The molecule has 5 nitrogen and oxygen atoms in total. The van der Waals surface area contributed by atoms with E-state index in [1.165, 1.54) is 31.4 Å². The van der Waals surface area contributed by atoms with Crippen LogP contribution in [0.3, 0.4) is 0 Å². The number of benzene rings is 2. The zero-order chi connectivity index (χ0) is 18.8. The molecule has 0 spiro atoms. The van der Waals surface area contributed by atoms with Crippen molar-refractivity contribution in [2.24, 2.45) is 0 Å². The van der Waals surface area contributed by atoms with Crippen LogP contribution in [0, 0.1) is 5.82 Å². The van der Waals surface area contributed by atoms with E-state index in [9.17, 15) is 14.0 Å². The van der Waals surface area contributed by atoms with Gasteiger partial charge in [0.2, 0.25) is 0 Å². The van der Waals surface area contributed by atoms with Crippen LogP contribution >= 0.6 is 27.5 Å². The minimum atomic E-state index is -0.589. The highest BCUT2D eigenvalue weighted by Gasteiger charge is 2.18. The van der Waals surface area contributed by atoms with Gasteiger partial charge in [0, 0.05) is 10.9 Å². The molecule has 1 heterocycles. The van der Waals surface area contributed by atoms with Crippen LogP contribution in [-0.2, 0) is 4.74 Å². The molecule has 0 aliphatic carbocycles. The zero-order valence-electron chi connectivity index (χ0n) is 13.3. The van der Waals surface area contributed by atoms with Gasteiger partial charge in [0.1, 0.15) is 11.0 Å². The summed E-state index contributed by atoms with van der Waals surface area (Å²) in [6.07, 6.45) is 0. The number of nitrogens with one attached hydrogen (secondary N) is 1. The van der Waals surface area contributed by atoms with Gasteiger partial charge >= 0.3 is 5.97 Å². The lowest BCUT2D eigenvalue weighted by Crippen LogP contribution is -2.13. The first-order chi connectivity index (χ1) is 12.4. The molecule has 26 heavy (non-hydrogen) atoms. The summed E-state index contributed by atoms with van der Waals surface area (Å²) in [5.74, 6) is -1.60. The Labute approximate surface area is 161 Å². The van der Waals surface area contributed by atoms with Crippen LogP contribution in [0.25, 0.3) is 10.9 Å². The maximum Gasteiger partial charge on any atom is 0.338 e. The summed E-state index contributed by atoms with van der Waals surface area (Å²) in [5, 5.41) is 3.26. The van der Waals surface area contributed by atoms with Gasteiger partial charge in [-0.3, -0.25) is 4.79 Å². The Bertz CT molecular complexity index is 1040. The Morgan fingerprint density at radius 2 is 2.00 bits per heavy atom.